The molecule has 0 spiro atoms. The summed E-state index contributed by atoms with van der Waals surface area (Å²) >= 11 is 0. The maximum absolute atomic E-state index is 11.8. The Morgan fingerprint density at radius 1 is 1.39 bits per heavy atom. The van der Waals surface area contributed by atoms with E-state index in [1.165, 1.54) is 4.90 Å². The molecule has 1 aromatic carbocycles. The van der Waals surface area contributed by atoms with Gasteiger partial charge in [0.25, 0.3) is 0 Å². The van der Waals surface area contributed by atoms with E-state index in [2.05, 4.69) is 5.32 Å². The minimum absolute atomic E-state index is 0.114. The Balaban J connectivity index is 2.20. The van der Waals surface area contributed by atoms with E-state index in [4.69, 9.17) is 5.11 Å². The number of carbonyl (C=O) groups is 3. The molecule has 0 saturated carbocycles. The molecule has 18 heavy (non-hydrogen) atoms. The molecule has 1 aliphatic rings. The van der Waals surface area contributed by atoms with Gasteiger partial charge in [-0.25, -0.2) is 4.79 Å². The van der Waals surface area contributed by atoms with Gasteiger partial charge in [0.05, 0.1) is 11.4 Å². The van der Waals surface area contributed by atoms with Crippen LogP contribution in [-0.2, 0) is 9.59 Å². The second kappa shape index (κ2) is 4.74. The zero-order valence-corrected chi connectivity index (χ0v) is 9.34. The standard InChI is InChI=1S/C11H11N3O4/c15-9-6-14(10(16)5-12-11(17)18)8-4-2-1-3-7(8)13-9/h1-4,12H,5-6H2,(H,13,15)(H,17,18). The lowest BCUT2D eigenvalue weighted by Crippen LogP contribution is -2.46. The number of nitrogens with zero attached hydrogens (tertiary/aromatic N) is 1. The van der Waals surface area contributed by atoms with Crippen LogP contribution < -0.4 is 15.5 Å². The summed E-state index contributed by atoms with van der Waals surface area (Å²) in [6.07, 6.45) is -1.28. The number of amides is 3. The highest BCUT2D eigenvalue weighted by molar-refractivity contribution is 6.10. The number of benzene rings is 1. The van der Waals surface area contributed by atoms with E-state index < -0.39 is 12.0 Å². The smallest absolute Gasteiger partial charge is 0.405 e. The number of hydrogen-bond acceptors (Lipinski definition) is 3. The number of carbonyl (C=O) groups excluding carboxylic acids is 2. The number of rotatable bonds is 2. The van der Waals surface area contributed by atoms with Crippen molar-refractivity contribution in [2.75, 3.05) is 23.3 Å². The molecule has 0 atom stereocenters. The summed E-state index contributed by atoms with van der Waals surface area (Å²) < 4.78 is 0. The average molecular weight is 249 g/mol. The first kappa shape index (κ1) is 11.9. The first-order chi connectivity index (χ1) is 8.58. The van der Waals surface area contributed by atoms with Crippen molar-refractivity contribution in [1.29, 1.82) is 0 Å². The number of carboxylic acid groups (broad SMARTS) is 1. The molecular weight excluding hydrogens is 238 g/mol. The minimum Gasteiger partial charge on any atom is -0.465 e. The Bertz CT molecular complexity index is 515. The Morgan fingerprint density at radius 3 is 2.83 bits per heavy atom. The van der Waals surface area contributed by atoms with Gasteiger partial charge in [0, 0.05) is 0 Å². The summed E-state index contributed by atoms with van der Waals surface area (Å²) in [6.45, 7) is -0.478. The Hall–Kier alpha value is -2.57. The van der Waals surface area contributed by atoms with Crippen molar-refractivity contribution in [2.24, 2.45) is 0 Å². The molecule has 1 aliphatic heterocycles. The Kier molecular flexibility index (Phi) is 3.13. The summed E-state index contributed by atoms with van der Waals surface area (Å²) in [5, 5.41) is 13.1. The fraction of sp³-hybridized carbons (Fsp3) is 0.182. The predicted octanol–water partition coefficient (Wildman–Crippen LogP) is 0.239. The van der Waals surface area contributed by atoms with Crippen molar-refractivity contribution in [3.63, 3.8) is 0 Å². The molecule has 7 nitrogen and oxygen atoms in total. The molecule has 94 valence electrons. The van der Waals surface area contributed by atoms with Crippen LogP contribution >= 0.6 is 0 Å². The summed E-state index contributed by atoms with van der Waals surface area (Å²) in [4.78, 5) is 34.9. The van der Waals surface area contributed by atoms with Gasteiger partial charge in [0.1, 0.15) is 13.1 Å². The van der Waals surface area contributed by atoms with E-state index in [0.29, 0.717) is 11.4 Å². The number of para-hydroxylation sites is 2. The van der Waals surface area contributed by atoms with Gasteiger partial charge in [-0.1, -0.05) is 12.1 Å². The van der Waals surface area contributed by atoms with E-state index in [1.807, 2.05) is 5.32 Å². The highest BCUT2D eigenvalue weighted by Crippen LogP contribution is 2.28. The van der Waals surface area contributed by atoms with Gasteiger partial charge in [0.2, 0.25) is 11.8 Å². The lowest BCUT2D eigenvalue weighted by atomic mass is 10.2. The van der Waals surface area contributed by atoms with Crippen LogP contribution in [0.4, 0.5) is 16.2 Å². The molecule has 7 heteroatoms. The first-order valence-electron chi connectivity index (χ1n) is 5.24. The van der Waals surface area contributed by atoms with Gasteiger partial charge >= 0.3 is 6.09 Å². The number of nitrogens with one attached hydrogen (secondary N) is 2. The molecule has 3 N–H and O–H groups in total. The maximum Gasteiger partial charge on any atom is 0.405 e. The lowest BCUT2D eigenvalue weighted by Gasteiger charge is -2.29. The van der Waals surface area contributed by atoms with Crippen molar-refractivity contribution in [2.45, 2.75) is 0 Å². The summed E-state index contributed by atoms with van der Waals surface area (Å²) in [7, 11) is 0. The molecule has 0 aromatic heterocycles. The zero-order chi connectivity index (χ0) is 13.1. The quantitative estimate of drug-likeness (QED) is 0.699. The van der Waals surface area contributed by atoms with Crippen molar-refractivity contribution in [1.82, 2.24) is 5.32 Å². The number of fused-ring (bicyclic) bond motifs is 1. The molecule has 3 amide bonds. The maximum atomic E-state index is 11.8. The molecule has 1 aromatic rings. The summed E-state index contributed by atoms with van der Waals surface area (Å²) in [6, 6.07) is 6.84. The van der Waals surface area contributed by atoms with Crippen molar-refractivity contribution in [3.8, 4) is 0 Å². The largest absolute Gasteiger partial charge is 0.465 e. The fourth-order valence-corrected chi connectivity index (χ4v) is 1.70. The van der Waals surface area contributed by atoms with Gasteiger partial charge in [-0.05, 0) is 12.1 Å². The molecule has 0 bridgehead atoms. The second-order valence-electron chi connectivity index (χ2n) is 3.70. The van der Waals surface area contributed by atoms with Gasteiger partial charge in [-0.2, -0.15) is 0 Å². The molecule has 0 radical (unpaired) electrons. The predicted molar refractivity (Wildman–Crippen MR) is 63.5 cm³/mol. The van der Waals surface area contributed by atoms with Crippen LogP contribution in [0.15, 0.2) is 24.3 Å². The highest BCUT2D eigenvalue weighted by Gasteiger charge is 2.26. The summed E-state index contributed by atoms with van der Waals surface area (Å²) in [5.74, 6) is -0.780. The number of hydrogen-bond donors (Lipinski definition) is 3. The molecule has 0 aliphatic carbocycles. The zero-order valence-electron chi connectivity index (χ0n) is 9.34. The van der Waals surface area contributed by atoms with Crippen LogP contribution in [0.2, 0.25) is 0 Å². The monoisotopic (exact) mass is 249 g/mol. The van der Waals surface area contributed by atoms with Crippen LogP contribution in [0, 0.1) is 0 Å². The SMILES string of the molecule is O=C(O)NCC(=O)N1CC(=O)Nc2ccccc21. The molecule has 1 heterocycles. The van der Waals surface area contributed by atoms with Gasteiger partial charge in [-0.3, -0.25) is 14.5 Å². The van der Waals surface area contributed by atoms with Crippen LogP contribution in [0.3, 0.4) is 0 Å². The third-order valence-electron chi connectivity index (χ3n) is 2.46. The van der Waals surface area contributed by atoms with Gasteiger partial charge < -0.3 is 15.7 Å². The normalized spacial score (nSPS) is 13.6. The molecule has 0 unspecified atom stereocenters. The van der Waals surface area contributed by atoms with Crippen LogP contribution in [0.1, 0.15) is 0 Å². The van der Waals surface area contributed by atoms with Crippen LogP contribution in [0.25, 0.3) is 0 Å². The molecular formula is C11H11N3O4. The number of anilines is 2. The van der Waals surface area contributed by atoms with E-state index in [1.54, 1.807) is 24.3 Å². The topological polar surface area (TPSA) is 98.7 Å². The van der Waals surface area contributed by atoms with E-state index in [-0.39, 0.29) is 19.0 Å². The van der Waals surface area contributed by atoms with Gasteiger partial charge in [-0.15, -0.1) is 0 Å². The van der Waals surface area contributed by atoms with E-state index in [0.717, 1.165) is 0 Å². The van der Waals surface area contributed by atoms with Crippen molar-refractivity contribution >= 4 is 29.3 Å². The summed E-state index contributed by atoms with van der Waals surface area (Å²) in [5.41, 5.74) is 1.10. The average Bonchev–Trinajstić information content (AvgIpc) is 2.34. The molecule has 2 rings (SSSR count). The van der Waals surface area contributed by atoms with Crippen LogP contribution in [-0.4, -0.2) is 36.1 Å². The van der Waals surface area contributed by atoms with Gasteiger partial charge in [0.15, 0.2) is 0 Å². The van der Waals surface area contributed by atoms with Crippen molar-refractivity contribution in [3.05, 3.63) is 24.3 Å². The Morgan fingerprint density at radius 2 is 2.11 bits per heavy atom. The minimum atomic E-state index is -1.28. The third kappa shape index (κ3) is 2.40. The van der Waals surface area contributed by atoms with Crippen molar-refractivity contribution < 1.29 is 19.5 Å². The lowest BCUT2D eigenvalue weighted by molar-refractivity contribution is -0.121. The molecule has 0 saturated heterocycles. The highest BCUT2D eigenvalue weighted by atomic mass is 16.4. The third-order valence-corrected chi connectivity index (χ3v) is 2.46. The van der Waals surface area contributed by atoms with E-state index >= 15 is 0 Å². The Labute approximate surface area is 102 Å². The fourth-order valence-electron chi connectivity index (χ4n) is 1.70. The molecule has 0 fully saturated rings. The van der Waals surface area contributed by atoms with E-state index in [9.17, 15) is 14.4 Å². The second-order valence-corrected chi connectivity index (χ2v) is 3.70. The first-order valence-corrected chi connectivity index (χ1v) is 5.24. The van der Waals surface area contributed by atoms with Crippen LogP contribution in [0.5, 0.6) is 0 Å².